The van der Waals surface area contributed by atoms with Crippen LogP contribution in [0, 0.1) is 5.82 Å². The van der Waals surface area contributed by atoms with Gasteiger partial charge in [0.15, 0.2) is 0 Å². The largest absolute Gasteiger partial charge is 0.377 e. The zero-order valence-corrected chi connectivity index (χ0v) is 20.6. The first-order chi connectivity index (χ1) is 16.8. The van der Waals surface area contributed by atoms with Crippen LogP contribution in [0.4, 0.5) is 4.39 Å². The molecular formula is C25H27FN2O5S2. The fourth-order valence-electron chi connectivity index (χ4n) is 3.86. The molecule has 0 aliphatic carbocycles. The molecule has 0 aromatic heterocycles. The average molecular weight is 519 g/mol. The van der Waals surface area contributed by atoms with Gasteiger partial charge >= 0.3 is 0 Å². The van der Waals surface area contributed by atoms with Gasteiger partial charge < -0.3 is 4.74 Å². The van der Waals surface area contributed by atoms with Gasteiger partial charge in [0.2, 0.25) is 20.0 Å². The molecule has 1 fully saturated rings. The molecule has 1 unspecified atom stereocenters. The third-order valence-electron chi connectivity index (χ3n) is 5.80. The SMILES string of the molecule is O=S(=O)(NCC1CCCO1)c1ccc(S(=O)(=O)N(Cc2ccccc2)Cc2ccccc2F)cc1. The van der Waals surface area contributed by atoms with Crippen LogP contribution in [0.2, 0.25) is 0 Å². The van der Waals surface area contributed by atoms with E-state index in [-0.39, 0.29) is 41.1 Å². The summed E-state index contributed by atoms with van der Waals surface area (Å²) in [4.78, 5) is -0.124. The van der Waals surface area contributed by atoms with Crippen LogP contribution >= 0.6 is 0 Å². The fraction of sp³-hybridized carbons (Fsp3) is 0.280. The van der Waals surface area contributed by atoms with E-state index < -0.39 is 25.9 Å². The Kier molecular flexibility index (Phi) is 7.98. The van der Waals surface area contributed by atoms with E-state index in [9.17, 15) is 21.2 Å². The highest BCUT2D eigenvalue weighted by Crippen LogP contribution is 2.24. The first-order valence-corrected chi connectivity index (χ1v) is 14.2. The van der Waals surface area contributed by atoms with E-state index in [1.807, 2.05) is 6.07 Å². The van der Waals surface area contributed by atoms with Gasteiger partial charge in [-0.05, 0) is 48.7 Å². The molecule has 0 bridgehead atoms. The second-order valence-corrected chi connectivity index (χ2v) is 12.0. The molecule has 3 aromatic rings. The van der Waals surface area contributed by atoms with E-state index in [0.29, 0.717) is 6.61 Å². The highest BCUT2D eigenvalue weighted by atomic mass is 32.2. The van der Waals surface area contributed by atoms with Crippen molar-refractivity contribution < 1.29 is 26.0 Å². The molecule has 1 aliphatic rings. The first-order valence-electron chi connectivity index (χ1n) is 11.2. The second-order valence-electron chi connectivity index (χ2n) is 8.31. The number of ether oxygens (including phenoxy) is 1. The van der Waals surface area contributed by atoms with Gasteiger partial charge in [-0.15, -0.1) is 0 Å². The molecule has 3 aromatic carbocycles. The van der Waals surface area contributed by atoms with Crippen LogP contribution in [0.1, 0.15) is 24.0 Å². The van der Waals surface area contributed by atoms with Crippen LogP contribution in [0.3, 0.4) is 0 Å². The van der Waals surface area contributed by atoms with Crippen molar-refractivity contribution in [2.24, 2.45) is 0 Å². The maximum atomic E-state index is 14.3. The standard InChI is InChI=1S/C25H27FN2O5S2/c26-25-11-5-4-9-21(25)19-28(18-20-7-2-1-3-8-20)35(31,32)24-14-12-23(13-15-24)34(29,30)27-17-22-10-6-16-33-22/h1-5,7-9,11-15,22,27H,6,10,16-19H2. The van der Waals surface area contributed by atoms with E-state index in [1.54, 1.807) is 36.4 Å². The summed E-state index contributed by atoms with van der Waals surface area (Å²) in [7, 11) is -7.89. The Bertz CT molecular complexity index is 1340. The second kappa shape index (κ2) is 11.0. The lowest BCUT2D eigenvalue weighted by atomic mass is 10.2. The predicted molar refractivity (Wildman–Crippen MR) is 130 cm³/mol. The average Bonchev–Trinajstić information content (AvgIpc) is 3.38. The van der Waals surface area contributed by atoms with E-state index in [4.69, 9.17) is 4.74 Å². The molecule has 1 N–H and O–H groups in total. The molecular weight excluding hydrogens is 491 g/mol. The smallest absolute Gasteiger partial charge is 0.243 e. The number of sulfonamides is 2. The molecule has 1 saturated heterocycles. The van der Waals surface area contributed by atoms with Crippen molar-refractivity contribution in [3.63, 3.8) is 0 Å². The Labute approximate surface area is 205 Å². The van der Waals surface area contributed by atoms with Crippen LogP contribution in [-0.4, -0.2) is 40.4 Å². The maximum Gasteiger partial charge on any atom is 0.243 e. The van der Waals surface area contributed by atoms with E-state index in [1.165, 1.54) is 40.7 Å². The molecule has 1 aliphatic heterocycles. The van der Waals surface area contributed by atoms with Crippen molar-refractivity contribution >= 4 is 20.0 Å². The van der Waals surface area contributed by atoms with Crippen LogP contribution in [-0.2, 0) is 37.9 Å². The molecule has 10 heteroatoms. The lowest BCUT2D eigenvalue weighted by Gasteiger charge is -2.23. The highest BCUT2D eigenvalue weighted by molar-refractivity contribution is 7.89. The lowest BCUT2D eigenvalue weighted by Crippen LogP contribution is -2.32. The minimum absolute atomic E-state index is 0.0283. The van der Waals surface area contributed by atoms with Crippen molar-refractivity contribution in [3.8, 4) is 0 Å². The van der Waals surface area contributed by atoms with Crippen LogP contribution in [0.15, 0.2) is 88.7 Å². The van der Waals surface area contributed by atoms with Crippen LogP contribution in [0.5, 0.6) is 0 Å². The highest BCUT2D eigenvalue weighted by Gasteiger charge is 2.27. The maximum absolute atomic E-state index is 14.3. The topological polar surface area (TPSA) is 92.8 Å². The number of rotatable bonds is 10. The monoisotopic (exact) mass is 518 g/mol. The van der Waals surface area contributed by atoms with Gasteiger partial charge in [0.25, 0.3) is 0 Å². The molecule has 0 radical (unpaired) electrons. The summed E-state index contributed by atoms with van der Waals surface area (Å²) in [5.74, 6) is -0.500. The first kappa shape index (κ1) is 25.5. The van der Waals surface area contributed by atoms with Gasteiger partial charge in [-0.25, -0.2) is 25.9 Å². The van der Waals surface area contributed by atoms with Gasteiger partial charge in [0.1, 0.15) is 5.82 Å². The molecule has 0 spiro atoms. The number of halogens is 1. The summed E-state index contributed by atoms with van der Waals surface area (Å²) in [6, 6.07) is 20.1. The zero-order chi connectivity index (χ0) is 24.9. The molecule has 1 heterocycles. The molecule has 0 saturated carbocycles. The van der Waals surface area contributed by atoms with Crippen molar-refractivity contribution in [3.05, 3.63) is 95.8 Å². The fourth-order valence-corrected chi connectivity index (χ4v) is 6.33. The molecule has 7 nitrogen and oxygen atoms in total. The lowest BCUT2D eigenvalue weighted by molar-refractivity contribution is 0.114. The third-order valence-corrected chi connectivity index (χ3v) is 9.05. The molecule has 0 amide bonds. The number of nitrogens with one attached hydrogen (secondary N) is 1. The van der Waals surface area contributed by atoms with E-state index in [0.717, 1.165) is 18.4 Å². The van der Waals surface area contributed by atoms with Crippen molar-refractivity contribution in [2.75, 3.05) is 13.2 Å². The molecule has 186 valence electrons. The molecule has 1 atom stereocenters. The summed E-state index contributed by atoms with van der Waals surface area (Å²) in [5.41, 5.74) is 0.981. The minimum Gasteiger partial charge on any atom is -0.377 e. The van der Waals surface area contributed by atoms with Crippen molar-refractivity contribution in [2.45, 2.75) is 41.8 Å². The summed E-state index contributed by atoms with van der Waals surface area (Å²) >= 11 is 0. The van der Waals surface area contributed by atoms with Gasteiger partial charge in [0, 0.05) is 31.8 Å². The Balaban J connectivity index is 1.57. The number of benzene rings is 3. The molecule has 35 heavy (non-hydrogen) atoms. The number of hydrogen-bond acceptors (Lipinski definition) is 5. The van der Waals surface area contributed by atoms with E-state index in [2.05, 4.69) is 4.72 Å². The Morgan fingerprint density at radius 1 is 0.857 bits per heavy atom. The van der Waals surface area contributed by atoms with Crippen molar-refractivity contribution in [1.29, 1.82) is 0 Å². The normalized spacial score (nSPS) is 16.6. The van der Waals surface area contributed by atoms with Gasteiger partial charge in [0.05, 0.1) is 15.9 Å². The Hall–Kier alpha value is -2.63. The predicted octanol–water partition coefficient (Wildman–Crippen LogP) is 3.67. The van der Waals surface area contributed by atoms with Crippen LogP contribution < -0.4 is 4.72 Å². The summed E-state index contributed by atoms with van der Waals surface area (Å²) < 4.78 is 75.8. The van der Waals surface area contributed by atoms with Gasteiger partial charge in [-0.3, -0.25) is 0 Å². The number of nitrogens with zero attached hydrogens (tertiary/aromatic N) is 1. The quantitative estimate of drug-likeness (QED) is 0.442. The minimum atomic E-state index is -4.07. The van der Waals surface area contributed by atoms with Crippen molar-refractivity contribution in [1.82, 2.24) is 9.03 Å². The molecule has 4 rings (SSSR count). The Morgan fingerprint density at radius 3 is 2.17 bits per heavy atom. The zero-order valence-electron chi connectivity index (χ0n) is 19.0. The van der Waals surface area contributed by atoms with Gasteiger partial charge in [-0.1, -0.05) is 48.5 Å². The Morgan fingerprint density at radius 2 is 1.51 bits per heavy atom. The van der Waals surface area contributed by atoms with Gasteiger partial charge in [-0.2, -0.15) is 4.31 Å². The summed E-state index contributed by atoms with van der Waals surface area (Å²) in [6.07, 6.45) is 1.53. The summed E-state index contributed by atoms with van der Waals surface area (Å²) in [6.45, 7) is 0.634. The number of hydrogen-bond donors (Lipinski definition) is 1. The van der Waals surface area contributed by atoms with E-state index >= 15 is 0 Å². The van der Waals surface area contributed by atoms with Crippen LogP contribution in [0.25, 0.3) is 0 Å². The third kappa shape index (κ3) is 6.33. The summed E-state index contributed by atoms with van der Waals surface area (Å²) in [5, 5.41) is 0.